The lowest BCUT2D eigenvalue weighted by Gasteiger charge is -2.18. The minimum Gasteiger partial charge on any atom is -0.481 e. The Labute approximate surface area is 168 Å². The van der Waals surface area contributed by atoms with E-state index >= 15 is 0 Å². The molecule has 0 rings (SSSR count). The van der Waals surface area contributed by atoms with Crippen molar-refractivity contribution in [3.05, 3.63) is 0 Å². The van der Waals surface area contributed by atoms with Gasteiger partial charge >= 0.3 is 17.9 Å². The first-order valence-corrected chi connectivity index (χ1v) is 10.6. The van der Waals surface area contributed by atoms with Crippen molar-refractivity contribution in [2.24, 2.45) is 5.92 Å². The van der Waals surface area contributed by atoms with Crippen LogP contribution in [0.3, 0.4) is 0 Å². The molecule has 0 aliphatic carbocycles. The van der Waals surface area contributed by atoms with E-state index in [2.05, 4.69) is 6.92 Å². The first-order chi connectivity index (χ1) is 13.3. The molecule has 2 N–H and O–H groups in total. The van der Waals surface area contributed by atoms with Gasteiger partial charge in [-0.25, -0.2) is 4.79 Å². The molecule has 0 amide bonds. The summed E-state index contributed by atoms with van der Waals surface area (Å²) in [6.07, 6.45) is 7.31. The van der Waals surface area contributed by atoms with Gasteiger partial charge in [0.25, 0.3) is 0 Å². The van der Waals surface area contributed by atoms with Gasteiger partial charge in [-0.3, -0.25) is 9.59 Å². The highest BCUT2D eigenvalue weighted by molar-refractivity contribution is 5.72. The second kappa shape index (κ2) is 16.3. The normalized spacial score (nSPS) is 14.2. The average Bonchev–Trinajstić information content (AvgIpc) is 2.62. The van der Waals surface area contributed by atoms with Crippen LogP contribution in [-0.4, -0.2) is 46.9 Å². The number of unbranched alkanes of at least 4 members (excludes halogenated alkanes) is 3. The highest BCUT2D eigenvalue weighted by Gasteiger charge is 2.19. The minimum absolute atomic E-state index is 0.131. The first-order valence-electron chi connectivity index (χ1n) is 10.6. The molecule has 28 heavy (non-hydrogen) atoms. The number of hydrogen-bond acceptors (Lipinski definition) is 5. The standard InChI is InChI=1S/C21H38O7/c1-4-6-7-13-18(28-16(3)22)14-10-12-17(20(23)24)11-8-9-15-27-19(5-2)21(25)26/h17-19H,4-15H2,1-3H3,(H,23,24)(H,25,26). The Bertz CT molecular complexity index is 450. The summed E-state index contributed by atoms with van der Waals surface area (Å²) in [5, 5.41) is 18.3. The summed E-state index contributed by atoms with van der Waals surface area (Å²) in [5.41, 5.74) is 0. The van der Waals surface area contributed by atoms with E-state index in [0.29, 0.717) is 51.6 Å². The topological polar surface area (TPSA) is 110 Å². The fourth-order valence-corrected chi connectivity index (χ4v) is 3.18. The van der Waals surface area contributed by atoms with Crippen molar-refractivity contribution >= 4 is 17.9 Å². The SMILES string of the molecule is CCCCCC(CCCC(CCCCOC(CC)C(=O)O)C(=O)O)OC(C)=O. The van der Waals surface area contributed by atoms with Gasteiger partial charge in [0.1, 0.15) is 6.10 Å². The van der Waals surface area contributed by atoms with Gasteiger partial charge in [-0.15, -0.1) is 0 Å². The van der Waals surface area contributed by atoms with Crippen molar-refractivity contribution in [3.63, 3.8) is 0 Å². The van der Waals surface area contributed by atoms with Crippen molar-refractivity contribution in [1.29, 1.82) is 0 Å². The van der Waals surface area contributed by atoms with E-state index in [1.54, 1.807) is 6.92 Å². The number of hydrogen-bond donors (Lipinski definition) is 2. The highest BCUT2D eigenvalue weighted by Crippen LogP contribution is 2.20. The number of rotatable bonds is 18. The fraction of sp³-hybridized carbons (Fsp3) is 0.857. The summed E-state index contributed by atoms with van der Waals surface area (Å²) in [6.45, 7) is 5.60. The van der Waals surface area contributed by atoms with Gasteiger partial charge in [-0.05, 0) is 51.4 Å². The van der Waals surface area contributed by atoms with E-state index in [9.17, 15) is 19.5 Å². The number of ether oxygens (including phenoxy) is 2. The molecule has 3 unspecified atom stereocenters. The molecule has 0 fully saturated rings. The second-order valence-corrected chi connectivity index (χ2v) is 7.29. The molecule has 0 aromatic heterocycles. The largest absolute Gasteiger partial charge is 0.481 e. The summed E-state index contributed by atoms with van der Waals surface area (Å²) in [6, 6.07) is 0. The lowest BCUT2D eigenvalue weighted by Crippen LogP contribution is -2.23. The van der Waals surface area contributed by atoms with Crippen molar-refractivity contribution in [2.75, 3.05) is 6.61 Å². The molecule has 0 saturated heterocycles. The molecule has 0 spiro atoms. The van der Waals surface area contributed by atoms with Crippen LogP contribution in [0.15, 0.2) is 0 Å². The summed E-state index contributed by atoms with van der Waals surface area (Å²) >= 11 is 0. The van der Waals surface area contributed by atoms with Crippen LogP contribution in [0.25, 0.3) is 0 Å². The van der Waals surface area contributed by atoms with E-state index in [-0.39, 0.29) is 12.1 Å². The zero-order valence-corrected chi connectivity index (χ0v) is 17.7. The number of carboxylic acid groups (broad SMARTS) is 2. The third-order valence-electron chi connectivity index (χ3n) is 4.80. The van der Waals surface area contributed by atoms with Crippen molar-refractivity contribution in [3.8, 4) is 0 Å². The van der Waals surface area contributed by atoms with E-state index in [0.717, 1.165) is 25.7 Å². The Morgan fingerprint density at radius 2 is 1.43 bits per heavy atom. The predicted molar refractivity (Wildman–Crippen MR) is 106 cm³/mol. The quantitative estimate of drug-likeness (QED) is 0.258. The van der Waals surface area contributed by atoms with Crippen LogP contribution in [0, 0.1) is 5.92 Å². The predicted octanol–water partition coefficient (Wildman–Crippen LogP) is 4.42. The number of aliphatic carboxylic acids is 2. The molecular formula is C21H38O7. The van der Waals surface area contributed by atoms with Gasteiger partial charge in [0, 0.05) is 13.5 Å². The zero-order valence-electron chi connectivity index (χ0n) is 17.7. The first kappa shape index (κ1) is 26.4. The molecule has 0 heterocycles. The Morgan fingerprint density at radius 1 is 0.821 bits per heavy atom. The number of carbonyl (C=O) groups is 3. The maximum atomic E-state index is 11.5. The molecule has 7 nitrogen and oxygen atoms in total. The fourth-order valence-electron chi connectivity index (χ4n) is 3.18. The van der Waals surface area contributed by atoms with Crippen LogP contribution in [0.4, 0.5) is 0 Å². The Kier molecular flexibility index (Phi) is 15.4. The molecule has 0 saturated carbocycles. The summed E-state index contributed by atoms with van der Waals surface area (Å²) in [4.78, 5) is 33.6. The summed E-state index contributed by atoms with van der Waals surface area (Å²) in [5.74, 6) is -2.50. The molecule has 0 radical (unpaired) electrons. The maximum Gasteiger partial charge on any atom is 0.332 e. The van der Waals surface area contributed by atoms with Gasteiger partial charge in [0.15, 0.2) is 6.10 Å². The van der Waals surface area contributed by atoms with Gasteiger partial charge in [0.2, 0.25) is 0 Å². The van der Waals surface area contributed by atoms with Crippen LogP contribution >= 0.6 is 0 Å². The third-order valence-corrected chi connectivity index (χ3v) is 4.80. The summed E-state index contributed by atoms with van der Waals surface area (Å²) in [7, 11) is 0. The molecule has 0 aromatic carbocycles. The van der Waals surface area contributed by atoms with Gasteiger partial charge < -0.3 is 19.7 Å². The van der Waals surface area contributed by atoms with Crippen LogP contribution in [0.1, 0.15) is 91.4 Å². The lowest BCUT2D eigenvalue weighted by atomic mass is 9.94. The van der Waals surface area contributed by atoms with Crippen molar-refractivity contribution in [1.82, 2.24) is 0 Å². The lowest BCUT2D eigenvalue weighted by molar-refractivity contribution is -0.150. The molecule has 0 aliphatic rings. The second-order valence-electron chi connectivity index (χ2n) is 7.29. The van der Waals surface area contributed by atoms with E-state index < -0.39 is 24.0 Å². The third kappa shape index (κ3) is 13.5. The van der Waals surface area contributed by atoms with E-state index in [1.807, 2.05) is 0 Å². The molecule has 164 valence electrons. The molecule has 0 aromatic rings. The Morgan fingerprint density at radius 3 is 1.96 bits per heavy atom. The Balaban J connectivity index is 4.19. The van der Waals surface area contributed by atoms with Crippen LogP contribution in [-0.2, 0) is 23.9 Å². The van der Waals surface area contributed by atoms with Gasteiger partial charge in [-0.1, -0.05) is 33.1 Å². The molecule has 3 atom stereocenters. The van der Waals surface area contributed by atoms with Crippen molar-refractivity contribution in [2.45, 2.75) is 104 Å². The van der Waals surface area contributed by atoms with Gasteiger partial charge in [-0.2, -0.15) is 0 Å². The van der Waals surface area contributed by atoms with Crippen LogP contribution in [0.5, 0.6) is 0 Å². The number of carbonyl (C=O) groups excluding carboxylic acids is 1. The smallest absolute Gasteiger partial charge is 0.332 e. The molecule has 7 heteroatoms. The van der Waals surface area contributed by atoms with Crippen molar-refractivity contribution < 1.29 is 34.1 Å². The summed E-state index contributed by atoms with van der Waals surface area (Å²) < 4.78 is 10.6. The zero-order chi connectivity index (χ0) is 21.4. The highest BCUT2D eigenvalue weighted by atomic mass is 16.5. The molecule has 0 bridgehead atoms. The number of carboxylic acids is 2. The molecule has 0 aliphatic heterocycles. The van der Waals surface area contributed by atoms with Crippen LogP contribution < -0.4 is 0 Å². The minimum atomic E-state index is -0.966. The Hall–Kier alpha value is -1.63. The number of esters is 1. The maximum absolute atomic E-state index is 11.5. The molecular weight excluding hydrogens is 364 g/mol. The monoisotopic (exact) mass is 402 g/mol. The van der Waals surface area contributed by atoms with E-state index in [1.165, 1.54) is 6.92 Å². The van der Waals surface area contributed by atoms with Gasteiger partial charge in [0.05, 0.1) is 5.92 Å². The average molecular weight is 403 g/mol. The van der Waals surface area contributed by atoms with Crippen LogP contribution in [0.2, 0.25) is 0 Å². The van der Waals surface area contributed by atoms with E-state index in [4.69, 9.17) is 14.6 Å².